The first-order valence-corrected chi connectivity index (χ1v) is 13.0. The van der Waals surface area contributed by atoms with Gasteiger partial charge in [0.15, 0.2) is 10.9 Å². The summed E-state index contributed by atoms with van der Waals surface area (Å²) in [5, 5.41) is 3.76. The van der Waals surface area contributed by atoms with Crippen molar-refractivity contribution in [2.75, 3.05) is 18.9 Å². The third-order valence-electron chi connectivity index (χ3n) is 6.14. The molecule has 0 saturated carbocycles. The Labute approximate surface area is 209 Å². The highest BCUT2D eigenvalue weighted by atomic mass is 32.2. The van der Waals surface area contributed by atoms with E-state index in [9.17, 15) is 14.4 Å². The minimum Gasteiger partial charge on any atom is -0.376 e. The molecule has 0 radical (unpaired) electrons. The molecule has 1 aliphatic rings. The summed E-state index contributed by atoms with van der Waals surface area (Å²) < 4.78 is 7.39. The number of Topliss-reactive ketones (excluding diaryl/α,β-unsaturated/α-hetero) is 1. The van der Waals surface area contributed by atoms with Crippen molar-refractivity contribution in [3.05, 3.63) is 69.0 Å². The number of hydrogen-bond acceptors (Lipinski definition) is 6. The van der Waals surface area contributed by atoms with E-state index in [-0.39, 0.29) is 29.1 Å². The lowest BCUT2D eigenvalue weighted by Crippen LogP contribution is -2.29. The molecule has 184 valence electrons. The number of aromatic nitrogens is 2. The van der Waals surface area contributed by atoms with Gasteiger partial charge in [-0.15, -0.1) is 0 Å². The van der Waals surface area contributed by atoms with E-state index < -0.39 is 0 Å². The Balaban J connectivity index is 1.67. The van der Waals surface area contributed by atoms with E-state index in [4.69, 9.17) is 9.72 Å². The van der Waals surface area contributed by atoms with Crippen molar-refractivity contribution < 1.29 is 14.3 Å². The zero-order valence-electron chi connectivity index (χ0n) is 20.4. The van der Waals surface area contributed by atoms with Gasteiger partial charge in [0.25, 0.3) is 11.5 Å². The Bertz CT molecular complexity index is 1310. The minimum absolute atomic E-state index is 0.0155. The molecule has 0 spiro atoms. The molecule has 1 atom stereocenters. The number of amides is 1. The molecule has 35 heavy (non-hydrogen) atoms. The van der Waals surface area contributed by atoms with Gasteiger partial charge in [0.2, 0.25) is 0 Å². The van der Waals surface area contributed by atoms with E-state index >= 15 is 0 Å². The lowest BCUT2D eigenvalue weighted by molar-refractivity contribution is 0.0937. The van der Waals surface area contributed by atoms with E-state index in [2.05, 4.69) is 5.32 Å². The molecule has 1 aliphatic heterocycles. The summed E-state index contributed by atoms with van der Waals surface area (Å²) in [7, 11) is 0. The number of hydrogen-bond donors (Lipinski definition) is 1. The summed E-state index contributed by atoms with van der Waals surface area (Å²) in [6.45, 7) is 7.56. The highest BCUT2D eigenvalue weighted by Crippen LogP contribution is 2.23. The monoisotopic (exact) mass is 493 g/mol. The molecule has 4 rings (SSSR count). The number of aryl methyl sites for hydroxylation is 2. The first-order chi connectivity index (χ1) is 16.9. The molecule has 7 nitrogen and oxygen atoms in total. The molecule has 2 aromatic carbocycles. The fraction of sp³-hybridized carbons (Fsp3) is 0.407. The summed E-state index contributed by atoms with van der Waals surface area (Å²) in [5.74, 6) is -0.0548. The van der Waals surface area contributed by atoms with Crippen molar-refractivity contribution in [2.24, 2.45) is 0 Å². The van der Waals surface area contributed by atoms with Gasteiger partial charge in [-0.2, -0.15) is 0 Å². The van der Waals surface area contributed by atoms with Gasteiger partial charge in [0, 0.05) is 24.3 Å². The Morgan fingerprint density at radius 3 is 2.74 bits per heavy atom. The third kappa shape index (κ3) is 5.82. The molecule has 1 fully saturated rings. The van der Waals surface area contributed by atoms with Crippen LogP contribution >= 0.6 is 11.8 Å². The standard InChI is InChI=1S/C27H31N3O4S/c1-4-11-28-25(32)19-8-10-22-23(14-19)29-27(30(26(22)33)15-20-6-5-12-34-20)35-16-24(31)21-9-7-17(2)13-18(21)3/h7-10,13-14,20H,4-6,11-12,15-16H2,1-3H3,(H,28,32). The van der Waals surface area contributed by atoms with Gasteiger partial charge in [-0.1, -0.05) is 42.4 Å². The van der Waals surface area contributed by atoms with Crippen molar-refractivity contribution >= 4 is 34.4 Å². The van der Waals surface area contributed by atoms with Crippen molar-refractivity contribution in [1.82, 2.24) is 14.9 Å². The van der Waals surface area contributed by atoms with Gasteiger partial charge < -0.3 is 10.1 Å². The van der Waals surface area contributed by atoms with E-state index in [1.807, 2.05) is 39.0 Å². The molecule has 0 bridgehead atoms. The predicted octanol–water partition coefficient (Wildman–Crippen LogP) is 4.31. The Kier molecular flexibility index (Phi) is 8.03. The lowest BCUT2D eigenvalue weighted by Gasteiger charge is -2.17. The zero-order valence-corrected chi connectivity index (χ0v) is 21.2. The van der Waals surface area contributed by atoms with Crippen LogP contribution in [0.2, 0.25) is 0 Å². The summed E-state index contributed by atoms with van der Waals surface area (Å²) in [6.07, 6.45) is 2.62. The zero-order chi connectivity index (χ0) is 24.9. The van der Waals surface area contributed by atoms with E-state index in [1.54, 1.807) is 22.8 Å². The molecule has 1 N–H and O–H groups in total. The molecule has 2 heterocycles. The van der Waals surface area contributed by atoms with Crippen LogP contribution in [0.4, 0.5) is 0 Å². The quantitative estimate of drug-likeness (QED) is 0.271. The number of nitrogens with zero attached hydrogens (tertiary/aromatic N) is 2. The van der Waals surface area contributed by atoms with Crippen molar-refractivity contribution in [3.63, 3.8) is 0 Å². The second-order valence-corrected chi connectivity index (χ2v) is 9.91. The van der Waals surface area contributed by atoms with Crippen LogP contribution in [0.15, 0.2) is 46.3 Å². The summed E-state index contributed by atoms with van der Waals surface area (Å²) >= 11 is 1.25. The summed E-state index contributed by atoms with van der Waals surface area (Å²) in [5.41, 5.74) is 3.43. The topological polar surface area (TPSA) is 90.3 Å². The fourth-order valence-electron chi connectivity index (χ4n) is 4.28. The number of thioether (sulfide) groups is 1. The number of ketones is 1. The molecule has 3 aromatic rings. The van der Waals surface area contributed by atoms with E-state index in [0.29, 0.717) is 46.9 Å². The van der Waals surface area contributed by atoms with E-state index in [1.165, 1.54) is 11.8 Å². The highest BCUT2D eigenvalue weighted by Gasteiger charge is 2.22. The minimum atomic E-state index is -0.196. The van der Waals surface area contributed by atoms with Crippen LogP contribution in [0.1, 0.15) is 58.0 Å². The number of carbonyl (C=O) groups excluding carboxylic acids is 2. The first kappa shape index (κ1) is 25.1. The van der Waals surface area contributed by atoms with Crippen molar-refractivity contribution in [1.29, 1.82) is 0 Å². The predicted molar refractivity (Wildman–Crippen MR) is 139 cm³/mol. The number of nitrogens with one attached hydrogen (secondary N) is 1. The molecule has 1 unspecified atom stereocenters. The second kappa shape index (κ2) is 11.2. The third-order valence-corrected chi connectivity index (χ3v) is 7.12. The van der Waals surface area contributed by atoms with Gasteiger partial charge in [-0.3, -0.25) is 19.0 Å². The van der Waals surface area contributed by atoms with Gasteiger partial charge in [0.05, 0.1) is 29.3 Å². The number of fused-ring (bicyclic) bond motifs is 1. The van der Waals surface area contributed by atoms with Crippen molar-refractivity contribution in [3.8, 4) is 0 Å². The molecule has 1 aromatic heterocycles. The van der Waals surface area contributed by atoms with Gasteiger partial charge in [-0.25, -0.2) is 4.98 Å². The van der Waals surface area contributed by atoms with Crippen LogP contribution in [-0.4, -0.2) is 46.2 Å². The van der Waals surface area contributed by atoms with Crippen LogP contribution in [-0.2, 0) is 11.3 Å². The van der Waals surface area contributed by atoms with Crippen LogP contribution < -0.4 is 10.9 Å². The molecular formula is C27H31N3O4S. The fourth-order valence-corrected chi connectivity index (χ4v) is 5.17. The Morgan fingerprint density at radius 2 is 2.03 bits per heavy atom. The SMILES string of the molecule is CCCNC(=O)c1ccc2c(=O)n(CC3CCCO3)c(SCC(=O)c3ccc(C)cc3C)nc2c1. The van der Waals surface area contributed by atoms with Gasteiger partial charge >= 0.3 is 0 Å². The van der Waals surface area contributed by atoms with Crippen LogP contribution in [0.25, 0.3) is 10.9 Å². The smallest absolute Gasteiger partial charge is 0.262 e. The highest BCUT2D eigenvalue weighted by molar-refractivity contribution is 7.99. The average molecular weight is 494 g/mol. The molecule has 8 heteroatoms. The molecule has 1 saturated heterocycles. The van der Waals surface area contributed by atoms with E-state index in [0.717, 1.165) is 30.4 Å². The summed E-state index contributed by atoms with van der Waals surface area (Å²) in [4.78, 5) is 43.6. The molecular weight excluding hydrogens is 462 g/mol. The number of ether oxygens (including phenoxy) is 1. The van der Waals surface area contributed by atoms with Gasteiger partial charge in [-0.05, 0) is 56.9 Å². The normalized spacial score (nSPS) is 15.5. The second-order valence-electron chi connectivity index (χ2n) is 8.96. The maximum Gasteiger partial charge on any atom is 0.262 e. The Hall–Kier alpha value is -2.97. The summed E-state index contributed by atoms with van der Waals surface area (Å²) in [6, 6.07) is 10.7. The lowest BCUT2D eigenvalue weighted by atomic mass is 10.0. The van der Waals surface area contributed by atoms with Gasteiger partial charge in [0.1, 0.15) is 0 Å². The number of carbonyl (C=O) groups is 2. The van der Waals surface area contributed by atoms with Crippen LogP contribution in [0.5, 0.6) is 0 Å². The number of benzene rings is 2. The molecule has 0 aliphatic carbocycles. The molecule has 1 amide bonds. The van der Waals surface area contributed by atoms with Crippen molar-refractivity contribution in [2.45, 2.75) is 57.8 Å². The maximum atomic E-state index is 13.5. The largest absolute Gasteiger partial charge is 0.376 e. The Morgan fingerprint density at radius 1 is 1.20 bits per heavy atom. The first-order valence-electron chi connectivity index (χ1n) is 12.0. The maximum absolute atomic E-state index is 13.5. The van der Waals surface area contributed by atoms with Crippen LogP contribution in [0.3, 0.4) is 0 Å². The number of rotatable bonds is 9. The van der Waals surface area contributed by atoms with Crippen LogP contribution in [0, 0.1) is 13.8 Å². The average Bonchev–Trinajstić information content (AvgIpc) is 3.36.